The monoisotopic (exact) mass is 391 g/mol. The van der Waals surface area contributed by atoms with Gasteiger partial charge in [0, 0.05) is 29.9 Å². The van der Waals surface area contributed by atoms with Gasteiger partial charge in [0.1, 0.15) is 5.69 Å². The zero-order valence-electron chi connectivity index (χ0n) is 15.5. The molecule has 1 aliphatic heterocycles. The van der Waals surface area contributed by atoms with Crippen LogP contribution in [0.3, 0.4) is 0 Å². The number of amides is 2. The van der Waals surface area contributed by atoms with Gasteiger partial charge in [0.15, 0.2) is 9.84 Å². The third-order valence-corrected chi connectivity index (χ3v) is 6.56. The van der Waals surface area contributed by atoms with Crippen LogP contribution in [0.2, 0.25) is 0 Å². The number of fused-ring (bicyclic) bond motifs is 1. The van der Waals surface area contributed by atoms with Crippen molar-refractivity contribution in [1.82, 2.24) is 15.6 Å². The summed E-state index contributed by atoms with van der Waals surface area (Å²) >= 11 is 0. The second-order valence-corrected chi connectivity index (χ2v) is 9.59. The molecule has 0 aliphatic carbocycles. The van der Waals surface area contributed by atoms with E-state index in [9.17, 15) is 18.0 Å². The Balaban J connectivity index is 1.50. The Hall–Kier alpha value is -2.35. The average molecular weight is 391 g/mol. The van der Waals surface area contributed by atoms with E-state index < -0.39 is 9.84 Å². The molecule has 1 aliphatic rings. The van der Waals surface area contributed by atoms with Gasteiger partial charge in [-0.3, -0.25) is 9.59 Å². The Kier molecular flexibility index (Phi) is 5.55. The van der Waals surface area contributed by atoms with E-state index in [1.165, 1.54) is 5.56 Å². The van der Waals surface area contributed by atoms with Gasteiger partial charge in [0.05, 0.1) is 11.5 Å². The summed E-state index contributed by atoms with van der Waals surface area (Å²) < 4.78 is 22.8. The topological polar surface area (TPSA) is 108 Å². The lowest BCUT2D eigenvalue weighted by Crippen LogP contribution is -2.37. The summed E-state index contributed by atoms with van der Waals surface area (Å²) in [5.41, 5.74) is 2.56. The minimum atomic E-state index is -3.02. The number of carbonyl (C=O) groups excluding carboxylic acids is 2. The molecule has 27 heavy (non-hydrogen) atoms. The van der Waals surface area contributed by atoms with Crippen molar-refractivity contribution in [2.24, 2.45) is 0 Å². The van der Waals surface area contributed by atoms with E-state index in [0.717, 1.165) is 10.9 Å². The molecule has 0 saturated carbocycles. The summed E-state index contributed by atoms with van der Waals surface area (Å²) in [6.45, 7) is 4.42. The minimum absolute atomic E-state index is 0.00146. The smallest absolute Gasteiger partial charge is 0.267 e. The van der Waals surface area contributed by atoms with Crippen molar-refractivity contribution >= 4 is 32.6 Å². The molecule has 3 N–H and O–H groups in total. The van der Waals surface area contributed by atoms with Crippen molar-refractivity contribution in [2.45, 2.75) is 38.6 Å². The standard InChI is InChI=1S/C19H25N3O4S/c1-12(2)13-3-4-14-10-17(22-16(14)9-13)19(24)20-7-5-18(23)21-15-6-8-27(25,26)11-15/h3-4,9-10,12,15,22H,5-8,11H2,1-2H3,(H,20,24)(H,21,23). The number of rotatable bonds is 6. The zero-order chi connectivity index (χ0) is 19.6. The second-order valence-electron chi connectivity index (χ2n) is 7.36. The van der Waals surface area contributed by atoms with Gasteiger partial charge >= 0.3 is 0 Å². The van der Waals surface area contributed by atoms with Crippen LogP contribution in [-0.4, -0.2) is 49.3 Å². The Labute approximate surface area is 158 Å². The Morgan fingerprint density at radius 3 is 2.70 bits per heavy atom. The first-order chi connectivity index (χ1) is 12.7. The molecule has 0 bridgehead atoms. The Morgan fingerprint density at radius 1 is 1.26 bits per heavy atom. The summed E-state index contributed by atoms with van der Waals surface area (Å²) in [5, 5.41) is 6.39. The third kappa shape index (κ3) is 4.88. The maximum atomic E-state index is 12.3. The number of nitrogens with one attached hydrogen (secondary N) is 3. The molecule has 1 saturated heterocycles. The number of H-pyrrole nitrogens is 1. The maximum Gasteiger partial charge on any atom is 0.267 e. The fourth-order valence-corrected chi connectivity index (χ4v) is 4.89. The van der Waals surface area contributed by atoms with E-state index in [0.29, 0.717) is 18.0 Å². The molecular weight excluding hydrogens is 366 g/mol. The first-order valence-corrected chi connectivity index (χ1v) is 11.0. The number of hydrogen-bond acceptors (Lipinski definition) is 4. The van der Waals surface area contributed by atoms with Crippen molar-refractivity contribution in [1.29, 1.82) is 0 Å². The molecule has 1 aromatic carbocycles. The van der Waals surface area contributed by atoms with Crippen molar-refractivity contribution < 1.29 is 18.0 Å². The molecule has 1 unspecified atom stereocenters. The fraction of sp³-hybridized carbons (Fsp3) is 0.474. The second kappa shape index (κ2) is 7.72. The fourth-order valence-electron chi connectivity index (χ4n) is 3.22. The van der Waals surface area contributed by atoms with Crippen LogP contribution in [0.1, 0.15) is 48.7 Å². The van der Waals surface area contributed by atoms with Crippen LogP contribution in [0, 0.1) is 0 Å². The van der Waals surface area contributed by atoms with Crippen molar-refractivity contribution in [2.75, 3.05) is 18.1 Å². The predicted octanol–water partition coefficient (Wildman–Crippen LogP) is 1.71. The van der Waals surface area contributed by atoms with E-state index in [2.05, 4.69) is 35.5 Å². The van der Waals surface area contributed by atoms with Gasteiger partial charge in [0.25, 0.3) is 5.91 Å². The van der Waals surface area contributed by atoms with Crippen LogP contribution in [0.5, 0.6) is 0 Å². The van der Waals surface area contributed by atoms with Gasteiger partial charge in [-0.15, -0.1) is 0 Å². The highest BCUT2D eigenvalue weighted by Crippen LogP contribution is 2.21. The quantitative estimate of drug-likeness (QED) is 0.697. The van der Waals surface area contributed by atoms with E-state index >= 15 is 0 Å². The highest BCUT2D eigenvalue weighted by Gasteiger charge is 2.28. The van der Waals surface area contributed by atoms with Crippen molar-refractivity contribution in [3.63, 3.8) is 0 Å². The lowest BCUT2D eigenvalue weighted by Gasteiger charge is -2.10. The maximum absolute atomic E-state index is 12.3. The molecule has 7 nitrogen and oxygen atoms in total. The van der Waals surface area contributed by atoms with Crippen LogP contribution in [0.25, 0.3) is 10.9 Å². The number of benzene rings is 1. The molecule has 1 fully saturated rings. The van der Waals surface area contributed by atoms with Gasteiger partial charge in [0.2, 0.25) is 5.91 Å². The number of aromatic nitrogens is 1. The van der Waals surface area contributed by atoms with Crippen molar-refractivity contribution in [3.05, 3.63) is 35.5 Å². The van der Waals surface area contributed by atoms with E-state index in [-0.39, 0.29) is 42.3 Å². The SMILES string of the molecule is CC(C)c1ccc2cc(C(=O)NCCC(=O)NC3CCS(=O)(=O)C3)[nH]c2c1. The molecule has 2 amide bonds. The minimum Gasteiger partial charge on any atom is -0.352 e. The van der Waals surface area contributed by atoms with E-state index in [1.807, 2.05) is 12.1 Å². The summed E-state index contributed by atoms with van der Waals surface area (Å²) in [6.07, 6.45) is 0.563. The molecule has 1 aromatic heterocycles. The number of hydrogen-bond donors (Lipinski definition) is 3. The molecular formula is C19H25N3O4S. The van der Waals surface area contributed by atoms with Gasteiger partial charge < -0.3 is 15.6 Å². The zero-order valence-corrected chi connectivity index (χ0v) is 16.4. The summed E-state index contributed by atoms with van der Waals surface area (Å²) in [6, 6.07) is 7.55. The molecule has 1 atom stereocenters. The molecule has 146 valence electrons. The first kappa shape index (κ1) is 19.4. The average Bonchev–Trinajstić information content (AvgIpc) is 3.16. The van der Waals surface area contributed by atoms with Gasteiger partial charge in [-0.1, -0.05) is 26.0 Å². The van der Waals surface area contributed by atoms with Crippen LogP contribution in [0.15, 0.2) is 24.3 Å². The largest absolute Gasteiger partial charge is 0.352 e. The predicted molar refractivity (Wildman–Crippen MR) is 105 cm³/mol. The number of aromatic amines is 1. The third-order valence-electron chi connectivity index (χ3n) is 4.79. The first-order valence-electron chi connectivity index (χ1n) is 9.14. The molecule has 3 rings (SSSR count). The number of sulfone groups is 1. The molecule has 2 heterocycles. The van der Waals surface area contributed by atoms with Crippen LogP contribution in [0.4, 0.5) is 0 Å². The lowest BCUT2D eigenvalue weighted by molar-refractivity contribution is -0.121. The van der Waals surface area contributed by atoms with Crippen molar-refractivity contribution in [3.8, 4) is 0 Å². The normalized spacial score (nSPS) is 18.7. The Bertz CT molecular complexity index is 962. The van der Waals surface area contributed by atoms with Crippen LogP contribution >= 0.6 is 0 Å². The van der Waals surface area contributed by atoms with E-state index in [4.69, 9.17) is 0 Å². The van der Waals surface area contributed by atoms with Crippen LogP contribution < -0.4 is 10.6 Å². The highest BCUT2D eigenvalue weighted by atomic mass is 32.2. The molecule has 0 radical (unpaired) electrons. The summed E-state index contributed by atoms with van der Waals surface area (Å²) in [4.78, 5) is 27.3. The van der Waals surface area contributed by atoms with Crippen LogP contribution in [-0.2, 0) is 14.6 Å². The molecule has 2 aromatic rings. The molecule has 0 spiro atoms. The molecule has 8 heteroatoms. The van der Waals surface area contributed by atoms with E-state index in [1.54, 1.807) is 6.07 Å². The summed E-state index contributed by atoms with van der Waals surface area (Å²) in [5.74, 6) is -0.000868. The van der Waals surface area contributed by atoms with Gasteiger partial charge in [-0.25, -0.2) is 8.42 Å². The highest BCUT2D eigenvalue weighted by molar-refractivity contribution is 7.91. The number of carbonyl (C=O) groups is 2. The Morgan fingerprint density at radius 2 is 2.04 bits per heavy atom. The van der Waals surface area contributed by atoms with Gasteiger partial charge in [-0.2, -0.15) is 0 Å². The van der Waals surface area contributed by atoms with Gasteiger partial charge in [-0.05, 0) is 30.0 Å². The summed E-state index contributed by atoms with van der Waals surface area (Å²) in [7, 11) is -3.02. The lowest BCUT2D eigenvalue weighted by atomic mass is 10.0.